The van der Waals surface area contributed by atoms with Crippen molar-refractivity contribution in [3.63, 3.8) is 0 Å². The fourth-order valence-electron chi connectivity index (χ4n) is 3.96. The van der Waals surface area contributed by atoms with Crippen LogP contribution in [0.1, 0.15) is 35.3 Å². The number of rotatable bonds is 4. The third-order valence-corrected chi connectivity index (χ3v) is 5.65. The van der Waals surface area contributed by atoms with Crippen LogP contribution >= 0.6 is 0 Å². The van der Waals surface area contributed by atoms with Crippen LogP contribution in [0.3, 0.4) is 0 Å². The zero-order valence-electron chi connectivity index (χ0n) is 17.6. The monoisotopic (exact) mass is 431 g/mol. The summed E-state index contributed by atoms with van der Waals surface area (Å²) < 4.78 is 45.4. The van der Waals surface area contributed by atoms with Gasteiger partial charge in [-0.3, -0.25) is 4.98 Å². The highest BCUT2D eigenvalue weighted by atomic mass is 19.4. The molecule has 3 aromatic rings. The quantitative estimate of drug-likeness (QED) is 0.648. The van der Waals surface area contributed by atoms with Crippen LogP contribution in [-0.2, 0) is 10.9 Å². The predicted octanol–water partition coefficient (Wildman–Crippen LogP) is 4.67. The molecule has 0 bridgehead atoms. The van der Waals surface area contributed by atoms with E-state index in [1.165, 1.54) is 13.0 Å². The van der Waals surface area contributed by atoms with Crippen molar-refractivity contribution in [3.05, 3.63) is 52.8 Å². The molecule has 1 N–H and O–H groups in total. The number of fused-ring (bicyclic) bond motifs is 1. The van der Waals surface area contributed by atoms with E-state index in [9.17, 15) is 13.2 Å². The van der Waals surface area contributed by atoms with Gasteiger partial charge >= 0.3 is 6.18 Å². The summed E-state index contributed by atoms with van der Waals surface area (Å²) in [5, 5.41) is 12.5. The molecule has 1 atom stereocenters. The van der Waals surface area contributed by atoms with Gasteiger partial charge in [0.2, 0.25) is 0 Å². The van der Waals surface area contributed by atoms with Crippen molar-refractivity contribution in [2.45, 2.75) is 33.0 Å². The summed E-state index contributed by atoms with van der Waals surface area (Å²) in [6.45, 7) is 8.00. The Morgan fingerprint density at radius 2 is 1.87 bits per heavy atom. The van der Waals surface area contributed by atoms with Crippen molar-refractivity contribution in [3.8, 4) is 0 Å². The van der Waals surface area contributed by atoms with Crippen LogP contribution in [-0.4, -0.2) is 41.5 Å². The summed E-state index contributed by atoms with van der Waals surface area (Å²) in [5.41, 5.74) is 2.48. The van der Waals surface area contributed by atoms with Crippen LogP contribution in [0.4, 0.5) is 24.7 Å². The molecule has 31 heavy (non-hydrogen) atoms. The lowest BCUT2D eigenvalue weighted by Gasteiger charge is -2.29. The number of anilines is 2. The standard InChI is InChI=1S/C22H24F3N5O/c1-13-17(5-4-6-19(13)22(23,24)25)14(2)27-21-18-11-16(30-7-9-31-10-8-30)12-26-20(18)15(3)28-29-21/h4-6,11-12,14H,7-10H2,1-3H3,(H,27,29)/t14-/m1/s1. The number of benzene rings is 1. The van der Waals surface area contributed by atoms with E-state index in [-0.39, 0.29) is 5.56 Å². The molecule has 1 aliphatic rings. The van der Waals surface area contributed by atoms with Crippen molar-refractivity contribution < 1.29 is 17.9 Å². The number of aromatic nitrogens is 3. The lowest BCUT2D eigenvalue weighted by atomic mass is 9.97. The number of pyridine rings is 1. The number of hydrogen-bond donors (Lipinski definition) is 1. The van der Waals surface area contributed by atoms with Crippen molar-refractivity contribution in [1.82, 2.24) is 15.2 Å². The smallest absolute Gasteiger partial charge is 0.378 e. The van der Waals surface area contributed by atoms with E-state index in [1.807, 2.05) is 26.1 Å². The van der Waals surface area contributed by atoms with Crippen LogP contribution in [0, 0.1) is 13.8 Å². The van der Waals surface area contributed by atoms with Gasteiger partial charge in [0, 0.05) is 18.5 Å². The van der Waals surface area contributed by atoms with Gasteiger partial charge in [-0.15, -0.1) is 5.10 Å². The van der Waals surface area contributed by atoms with Crippen LogP contribution in [0.5, 0.6) is 0 Å². The second-order valence-corrected chi connectivity index (χ2v) is 7.71. The number of aryl methyl sites for hydroxylation is 1. The third kappa shape index (κ3) is 4.27. The van der Waals surface area contributed by atoms with E-state index in [0.29, 0.717) is 35.8 Å². The van der Waals surface area contributed by atoms with Crippen molar-refractivity contribution in [1.29, 1.82) is 0 Å². The third-order valence-electron chi connectivity index (χ3n) is 5.65. The first-order valence-corrected chi connectivity index (χ1v) is 10.1. The molecular weight excluding hydrogens is 407 g/mol. The van der Waals surface area contributed by atoms with Crippen molar-refractivity contribution in [2.75, 3.05) is 36.5 Å². The molecule has 1 fully saturated rings. The maximum atomic E-state index is 13.3. The van der Waals surface area contributed by atoms with Crippen molar-refractivity contribution in [2.24, 2.45) is 0 Å². The van der Waals surface area contributed by atoms with E-state index in [2.05, 4.69) is 25.4 Å². The second-order valence-electron chi connectivity index (χ2n) is 7.71. The van der Waals surface area contributed by atoms with Gasteiger partial charge in [0.1, 0.15) is 0 Å². The highest BCUT2D eigenvalue weighted by molar-refractivity contribution is 5.92. The minimum absolute atomic E-state index is 0.200. The Labute approximate surface area is 178 Å². The van der Waals surface area contributed by atoms with Crippen LogP contribution < -0.4 is 10.2 Å². The Kier molecular flexibility index (Phi) is 5.70. The first-order valence-electron chi connectivity index (χ1n) is 10.1. The molecule has 0 aliphatic carbocycles. The van der Waals surface area contributed by atoms with Gasteiger partial charge in [0.05, 0.1) is 47.9 Å². The summed E-state index contributed by atoms with van der Waals surface area (Å²) >= 11 is 0. The first-order chi connectivity index (χ1) is 14.8. The zero-order valence-corrected chi connectivity index (χ0v) is 17.6. The van der Waals surface area contributed by atoms with Gasteiger partial charge in [-0.2, -0.15) is 18.3 Å². The molecule has 9 heteroatoms. The number of nitrogens with zero attached hydrogens (tertiary/aromatic N) is 4. The van der Waals surface area contributed by atoms with Gasteiger partial charge in [0.15, 0.2) is 5.82 Å². The fourth-order valence-corrected chi connectivity index (χ4v) is 3.96. The molecule has 4 rings (SSSR count). The summed E-state index contributed by atoms with van der Waals surface area (Å²) in [4.78, 5) is 6.78. The number of alkyl halides is 3. The molecule has 0 saturated carbocycles. The Morgan fingerprint density at radius 3 is 2.58 bits per heavy atom. The second kappa shape index (κ2) is 8.30. The molecule has 1 saturated heterocycles. The summed E-state index contributed by atoms with van der Waals surface area (Å²) in [7, 11) is 0. The summed E-state index contributed by atoms with van der Waals surface area (Å²) in [6.07, 6.45) is -2.58. The Morgan fingerprint density at radius 1 is 1.13 bits per heavy atom. The Bertz CT molecular complexity index is 1100. The van der Waals surface area contributed by atoms with E-state index in [0.717, 1.165) is 30.2 Å². The fraction of sp³-hybridized carbons (Fsp3) is 0.409. The van der Waals surface area contributed by atoms with Crippen LogP contribution in [0.25, 0.3) is 10.9 Å². The highest BCUT2D eigenvalue weighted by Gasteiger charge is 2.33. The van der Waals surface area contributed by atoms with Gasteiger partial charge in [-0.05, 0) is 44.0 Å². The van der Waals surface area contributed by atoms with E-state index in [1.54, 1.807) is 6.07 Å². The Balaban J connectivity index is 1.70. The average molecular weight is 431 g/mol. The number of morpholine rings is 1. The van der Waals surface area contributed by atoms with Crippen LogP contribution in [0.15, 0.2) is 30.5 Å². The molecule has 0 amide bonds. The molecule has 3 heterocycles. The number of ether oxygens (including phenoxy) is 1. The molecule has 1 aliphatic heterocycles. The molecule has 6 nitrogen and oxygen atoms in total. The number of hydrogen-bond acceptors (Lipinski definition) is 6. The van der Waals surface area contributed by atoms with Crippen molar-refractivity contribution >= 4 is 22.4 Å². The minimum atomic E-state index is -4.40. The zero-order chi connectivity index (χ0) is 22.2. The van der Waals surface area contributed by atoms with Gasteiger partial charge in [-0.25, -0.2) is 0 Å². The molecular formula is C22H24F3N5O. The average Bonchev–Trinajstić information content (AvgIpc) is 2.75. The maximum absolute atomic E-state index is 13.3. The summed E-state index contributed by atoms with van der Waals surface area (Å²) in [6, 6.07) is 5.83. The van der Waals surface area contributed by atoms with E-state index in [4.69, 9.17) is 4.74 Å². The first kappa shape index (κ1) is 21.3. The molecule has 164 valence electrons. The van der Waals surface area contributed by atoms with Crippen LogP contribution in [0.2, 0.25) is 0 Å². The lowest BCUT2D eigenvalue weighted by molar-refractivity contribution is -0.138. The molecule has 2 aromatic heterocycles. The lowest BCUT2D eigenvalue weighted by Crippen LogP contribution is -2.36. The van der Waals surface area contributed by atoms with Gasteiger partial charge in [-0.1, -0.05) is 12.1 Å². The predicted molar refractivity (Wildman–Crippen MR) is 113 cm³/mol. The highest BCUT2D eigenvalue weighted by Crippen LogP contribution is 2.35. The van der Waals surface area contributed by atoms with Gasteiger partial charge < -0.3 is 15.0 Å². The van der Waals surface area contributed by atoms with E-state index >= 15 is 0 Å². The number of halogens is 3. The molecule has 0 unspecified atom stereocenters. The normalized spacial score (nSPS) is 15.9. The molecule has 0 spiro atoms. The number of nitrogens with one attached hydrogen (secondary N) is 1. The minimum Gasteiger partial charge on any atom is -0.378 e. The van der Waals surface area contributed by atoms with Gasteiger partial charge in [0.25, 0.3) is 0 Å². The molecule has 1 aromatic carbocycles. The largest absolute Gasteiger partial charge is 0.416 e. The van der Waals surface area contributed by atoms with E-state index < -0.39 is 17.8 Å². The molecule has 0 radical (unpaired) electrons. The SMILES string of the molecule is Cc1c([C@@H](C)Nc2nnc(C)c3ncc(N4CCOCC4)cc23)cccc1C(F)(F)F. The Hall–Kier alpha value is -2.94. The summed E-state index contributed by atoms with van der Waals surface area (Å²) in [5.74, 6) is 0.493. The topological polar surface area (TPSA) is 63.2 Å². The maximum Gasteiger partial charge on any atom is 0.416 e.